The Morgan fingerprint density at radius 3 is 3.13 bits per heavy atom. The molecule has 0 aliphatic rings. The molecule has 0 aliphatic heterocycles. The largest absolute Gasteiger partial charge is 0.336 e. The molecule has 0 aliphatic carbocycles. The predicted octanol–water partition coefficient (Wildman–Crippen LogP) is 3.47. The van der Waals surface area contributed by atoms with Gasteiger partial charge in [-0.2, -0.15) is 0 Å². The minimum atomic E-state index is 1.06. The van der Waals surface area contributed by atoms with Crippen molar-refractivity contribution in [1.82, 2.24) is 9.55 Å². The van der Waals surface area contributed by atoms with Crippen LogP contribution in [0.15, 0.2) is 29.4 Å². The Labute approximate surface area is 94.7 Å². The molecule has 0 radical (unpaired) electrons. The SMILES string of the molecule is CCCCSc1cnc2c(ccn2C)c1. The Kier molecular flexibility index (Phi) is 3.31. The van der Waals surface area contributed by atoms with Crippen LogP contribution in [0.5, 0.6) is 0 Å². The minimum Gasteiger partial charge on any atom is -0.336 e. The van der Waals surface area contributed by atoms with Gasteiger partial charge in [0.25, 0.3) is 0 Å². The number of rotatable bonds is 4. The van der Waals surface area contributed by atoms with Crippen LogP contribution in [-0.2, 0) is 7.05 Å². The molecule has 0 spiro atoms. The van der Waals surface area contributed by atoms with Gasteiger partial charge in [-0.1, -0.05) is 13.3 Å². The molecule has 2 aromatic rings. The second-order valence-electron chi connectivity index (χ2n) is 3.71. The normalized spacial score (nSPS) is 11.1. The Morgan fingerprint density at radius 2 is 2.33 bits per heavy atom. The van der Waals surface area contributed by atoms with Gasteiger partial charge in [0, 0.05) is 29.7 Å². The fourth-order valence-corrected chi connectivity index (χ4v) is 2.55. The highest BCUT2D eigenvalue weighted by molar-refractivity contribution is 7.99. The molecule has 0 N–H and O–H groups in total. The first-order chi connectivity index (χ1) is 7.31. The Balaban J connectivity index is 2.16. The number of aromatic nitrogens is 2. The van der Waals surface area contributed by atoms with Crippen LogP contribution in [-0.4, -0.2) is 15.3 Å². The monoisotopic (exact) mass is 220 g/mol. The van der Waals surface area contributed by atoms with Crippen molar-refractivity contribution in [3.8, 4) is 0 Å². The average molecular weight is 220 g/mol. The summed E-state index contributed by atoms with van der Waals surface area (Å²) < 4.78 is 2.05. The quantitative estimate of drug-likeness (QED) is 0.580. The van der Waals surface area contributed by atoms with E-state index in [1.165, 1.54) is 28.9 Å². The van der Waals surface area contributed by atoms with Crippen LogP contribution in [0.25, 0.3) is 11.0 Å². The number of fused-ring (bicyclic) bond motifs is 1. The second kappa shape index (κ2) is 4.71. The highest BCUT2D eigenvalue weighted by atomic mass is 32.2. The number of aryl methyl sites for hydroxylation is 1. The summed E-state index contributed by atoms with van der Waals surface area (Å²) in [6.45, 7) is 2.22. The summed E-state index contributed by atoms with van der Waals surface area (Å²) in [4.78, 5) is 5.74. The lowest BCUT2D eigenvalue weighted by molar-refractivity contribution is 0.896. The van der Waals surface area contributed by atoms with Crippen LogP contribution in [0.4, 0.5) is 0 Å². The van der Waals surface area contributed by atoms with Gasteiger partial charge in [-0.15, -0.1) is 11.8 Å². The molecule has 2 nitrogen and oxygen atoms in total. The van der Waals surface area contributed by atoms with E-state index in [4.69, 9.17) is 0 Å². The zero-order chi connectivity index (χ0) is 10.7. The number of unbranched alkanes of at least 4 members (excludes halogenated alkanes) is 1. The molecule has 0 amide bonds. The second-order valence-corrected chi connectivity index (χ2v) is 4.88. The molecule has 80 valence electrons. The van der Waals surface area contributed by atoms with E-state index < -0.39 is 0 Å². The topological polar surface area (TPSA) is 17.8 Å². The lowest BCUT2D eigenvalue weighted by atomic mass is 10.3. The van der Waals surface area contributed by atoms with Gasteiger partial charge in [-0.25, -0.2) is 4.98 Å². The molecule has 2 aromatic heterocycles. The van der Waals surface area contributed by atoms with Gasteiger partial charge in [0.2, 0.25) is 0 Å². The third kappa shape index (κ3) is 2.34. The zero-order valence-electron chi connectivity index (χ0n) is 9.23. The first kappa shape index (κ1) is 10.6. The van der Waals surface area contributed by atoms with Gasteiger partial charge < -0.3 is 4.57 Å². The van der Waals surface area contributed by atoms with E-state index in [0.717, 1.165) is 5.65 Å². The van der Waals surface area contributed by atoms with Crippen molar-refractivity contribution in [3.63, 3.8) is 0 Å². The van der Waals surface area contributed by atoms with Gasteiger partial charge in [0.15, 0.2) is 0 Å². The van der Waals surface area contributed by atoms with Crippen LogP contribution >= 0.6 is 11.8 Å². The van der Waals surface area contributed by atoms with Crippen molar-refractivity contribution in [2.45, 2.75) is 24.7 Å². The smallest absolute Gasteiger partial charge is 0.139 e. The predicted molar refractivity (Wildman–Crippen MR) is 66.3 cm³/mol. The lowest BCUT2D eigenvalue weighted by Gasteiger charge is -2.01. The Hall–Kier alpha value is -0.960. The highest BCUT2D eigenvalue weighted by Gasteiger charge is 2.01. The third-order valence-electron chi connectivity index (χ3n) is 2.45. The molecule has 0 atom stereocenters. The molecule has 0 unspecified atom stereocenters. The molecule has 2 heterocycles. The van der Waals surface area contributed by atoms with E-state index >= 15 is 0 Å². The first-order valence-corrected chi connectivity index (χ1v) is 6.33. The van der Waals surface area contributed by atoms with Crippen molar-refractivity contribution in [3.05, 3.63) is 24.5 Å². The van der Waals surface area contributed by atoms with Crippen LogP contribution in [0.2, 0.25) is 0 Å². The summed E-state index contributed by atoms with van der Waals surface area (Å²) in [5, 5.41) is 1.24. The highest BCUT2D eigenvalue weighted by Crippen LogP contribution is 2.22. The van der Waals surface area contributed by atoms with E-state index in [0.29, 0.717) is 0 Å². The van der Waals surface area contributed by atoms with Crippen LogP contribution in [0.3, 0.4) is 0 Å². The van der Waals surface area contributed by atoms with Gasteiger partial charge in [-0.3, -0.25) is 0 Å². The molecule has 0 saturated heterocycles. The molecule has 0 saturated carbocycles. The van der Waals surface area contributed by atoms with E-state index in [1.54, 1.807) is 0 Å². The number of hydrogen-bond acceptors (Lipinski definition) is 2. The van der Waals surface area contributed by atoms with Crippen molar-refractivity contribution in [2.24, 2.45) is 7.05 Å². The maximum Gasteiger partial charge on any atom is 0.139 e. The third-order valence-corrected chi connectivity index (χ3v) is 3.50. The number of thioether (sulfide) groups is 1. The summed E-state index contributed by atoms with van der Waals surface area (Å²) in [5.74, 6) is 1.19. The Bertz CT molecular complexity index is 448. The van der Waals surface area contributed by atoms with Crippen molar-refractivity contribution in [1.29, 1.82) is 0 Å². The minimum absolute atomic E-state index is 1.06. The van der Waals surface area contributed by atoms with E-state index in [1.807, 2.05) is 25.0 Å². The zero-order valence-corrected chi connectivity index (χ0v) is 10.0. The Morgan fingerprint density at radius 1 is 1.47 bits per heavy atom. The average Bonchev–Trinajstić information content (AvgIpc) is 2.61. The molecule has 3 heteroatoms. The summed E-state index contributed by atoms with van der Waals surface area (Å²) in [6, 6.07) is 4.34. The first-order valence-electron chi connectivity index (χ1n) is 5.35. The van der Waals surface area contributed by atoms with Crippen molar-refractivity contribution in [2.75, 3.05) is 5.75 Å². The van der Waals surface area contributed by atoms with E-state index in [2.05, 4.69) is 34.8 Å². The lowest BCUT2D eigenvalue weighted by Crippen LogP contribution is -1.87. The molecular formula is C12H16N2S. The van der Waals surface area contributed by atoms with E-state index in [-0.39, 0.29) is 0 Å². The maximum atomic E-state index is 4.46. The van der Waals surface area contributed by atoms with E-state index in [9.17, 15) is 0 Å². The summed E-state index contributed by atoms with van der Waals surface area (Å²) in [6.07, 6.45) is 6.56. The summed E-state index contributed by atoms with van der Waals surface area (Å²) in [5.41, 5.74) is 1.06. The van der Waals surface area contributed by atoms with Gasteiger partial charge in [0.05, 0.1) is 0 Å². The van der Waals surface area contributed by atoms with Gasteiger partial charge in [0.1, 0.15) is 5.65 Å². The van der Waals surface area contributed by atoms with Crippen molar-refractivity contribution < 1.29 is 0 Å². The number of pyridine rings is 1. The fraction of sp³-hybridized carbons (Fsp3) is 0.417. The standard InChI is InChI=1S/C12H16N2S/c1-3-4-7-15-11-8-10-5-6-14(2)12(10)13-9-11/h5-6,8-9H,3-4,7H2,1-2H3. The van der Waals surface area contributed by atoms with Crippen LogP contribution in [0.1, 0.15) is 19.8 Å². The molecule has 0 bridgehead atoms. The van der Waals surface area contributed by atoms with Crippen molar-refractivity contribution >= 4 is 22.8 Å². The fourth-order valence-electron chi connectivity index (χ4n) is 1.55. The van der Waals surface area contributed by atoms with Crippen LogP contribution in [0, 0.1) is 0 Å². The van der Waals surface area contributed by atoms with Crippen LogP contribution < -0.4 is 0 Å². The summed E-state index contributed by atoms with van der Waals surface area (Å²) in [7, 11) is 2.03. The van der Waals surface area contributed by atoms with Gasteiger partial charge >= 0.3 is 0 Å². The summed E-state index contributed by atoms with van der Waals surface area (Å²) >= 11 is 1.90. The van der Waals surface area contributed by atoms with Gasteiger partial charge in [-0.05, 0) is 24.3 Å². The maximum absolute atomic E-state index is 4.46. The number of hydrogen-bond donors (Lipinski definition) is 0. The molecule has 0 fully saturated rings. The molecular weight excluding hydrogens is 204 g/mol. The molecule has 2 rings (SSSR count). The molecule has 0 aromatic carbocycles. The number of nitrogens with zero attached hydrogens (tertiary/aromatic N) is 2. The molecule has 15 heavy (non-hydrogen) atoms.